The maximum atomic E-state index is 9.71. The van der Waals surface area contributed by atoms with E-state index in [2.05, 4.69) is 9.97 Å². The third-order valence-corrected chi connectivity index (χ3v) is 4.22. The molecule has 174 valence electrons. The molecule has 8 N–H and O–H groups in total. The van der Waals surface area contributed by atoms with Gasteiger partial charge in [-0.05, 0) is 0 Å². The van der Waals surface area contributed by atoms with E-state index >= 15 is 0 Å². The van der Waals surface area contributed by atoms with Crippen LogP contribution < -0.4 is 0 Å². The van der Waals surface area contributed by atoms with Gasteiger partial charge in [0.1, 0.15) is 0 Å². The van der Waals surface area contributed by atoms with E-state index in [4.69, 9.17) is 20.4 Å². The van der Waals surface area contributed by atoms with E-state index in [-0.39, 0.29) is 39.3 Å². The van der Waals surface area contributed by atoms with E-state index in [1.165, 1.54) is 12.4 Å². The van der Waals surface area contributed by atoms with Gasteiger partial charge in [0.15, 0.2) is 0 Å². The van der Waals surface area contributed by atoms with Crippen molar-refractivity contribution < 1.29 is 40.9 Å². The maximum absolute atomic E-state index is 9.71. The summed E-state index contributed by atoms with van der Waals surface area (Å²) in [4.78, 5) is 11.8. The number of rotatable bonds is 16. The van der Waals surface area contributed by atoms with Crippen molar-refractivity contribution in [2.24, 2.45) is 0 Å². The largest absolute Gasteiger partial charge is 0.394 e. The molecule has 1 aromatic rings. The average Bonchev–Trinajstić information content (AvgIpc) is 2.73. The standard InChI is InChI=1S/C18H34N4O8/c23-9-15(27)5-21(6-16(28)10-24)3-13-1-19-2-14(20-13)4-22(7-17(29)11-25)8-18(30)12-26/h1-2,15-18,23-30H,3-12H2. The molecule has 0 amide bonds. The van der Waals surface area contributed by atoms with Crippen LogP contribution in [-0.4, -0.2) is 138 Å². The first kappa shape index (κ1) is 26.7. The molecular weight excluding hydrogens is 400 g/mol. The molecular formula is C18H34N4O8. The Morgan fingerprint density at radius 1 is 0.600 bits per heavy atom. The van der Waals surface area contributed by atoms with Crippen LogP contribution in [0.25, 0.3) is 0 Å². The van der Waals surface area contributed by atoms with E-state index in [9.17, 15) is 20.4 Å². The highest BCUT2D eigenvalue weighted by Crippen LogP contribution is 2.08. The van der Waals surface area contributed by atoms with Crippen LogP contribution in [0.3, 0.4) is 0 Å². The van der Waals surface area contributed by atoms with Crippen molar-refractivity contribution in [3.63, 3.8) is 0 Å². The van der Waals surface area contributed by atoms with E-state index in [1.807, 2.05) is 0 Å². The van der Waals surface area contributed by atoms with Crippen molar-refractivity contribution in [2.45, 2.75) is 37.5 Å². The van der Waals surface area contributed by atoms with Crippen LogP contribution in [0.4, 0.5) is 0 Å². The number of aromatic nitrogens is 2. The number of hydrogen-bond acceptors (Lipinski definition) is 12. The highest BCUT2D eigenvalue weighted by atomic mass is 16.3. The number of aliphatic hydroxyl groups excluding tert-OH is 8. The third-order valence-electron chi connectivity index (χ3n) is 4.22. The Labute approximate surface area is 175 Å². The normalized spacial score (nSPS) is 16.1. The molecule has 0 saturated heterocycles. The second-order valence-corrected chi connectivity index (χ2v) is 7.24. The maximum Gasteiger partial charge on any atom is 0.0897 e. The van der Waals surface area contributed by atoms with E-state index < -0.39 is 50.8 Å². The van der Waals surface area contributed by atoms with Gasteiger partial charge in [-0.25, -0.2) is 0 Å². The fourth-order valence-electron chi connectivity index (χ4n) is 2.89. The summed E-state index contributed by atoms with van der Waals surface area (Å²) in [5, 5.41) is 75.1. The first-order chi connectivity index (χ1) is 14.3. The predicted molar refractivity (Wildman–Crippen MR) is 105 cm³/mol. The second-order valence-electron chi connectivity index (χ2n) is 7.24. The van der Waals surface area contributed by atoms with E-state index in [1.54, 1.807) is 9.80 Å². The highest BCUT2D eigenvalue weighted by Gasteiger charge is 2.18. The lowest BCUT2D eigenvalue weighted by Gasteiger charge is -2.27. The molecule has 0 aliphatic carbocycles. The fraction of sp³-hybridized carbons (Fsp3) is 0.778. The van der Waals surface area contributed by atoms with Gasteiger partial charge in [-0.2, -0.15) is 0 Å². The minimum Gasteiger partial charge on any atom is -0.394 e. The minimum atomic E-state index is -1.03. The number of aliphatic hydroxyl groups is 8. The molecule has 30 heavy (non-hydrogen) atoms. The first-order valence-corrected chi connectivity index (χ1v) is 9.71. The van der Waals surface area contributed by atoms with Gasteiger partial charge in [-0.15, -0.1) is 0 Å². The molecule has 12 nitrogen and oxygen atoms in total. The number of hydrogen-bond donors (Lipinski definition) is 8. The van der Waals surface area contributed by atoms with Gasteiger partial charge in [-0.1, -0.05) is 0 Å². The van der Waals surface area contributed by atoms with Gasteiger partial charge >= 0.3 is 0 Å². The van der Waals surface area contributed by atoms with Crippen LogP contribution in [0.15, 0.2) is 12.4 Å². The Hall–Kier alpha value is -1.32. The molecule has 0 bridgehead atoms. The van der Waals surface area contributed by atoms with Gasteiger partial charge in [0.25, 0.3) is 0 Å². The van der Waals surface area contributed by atoms with Gasteiger partial charge in [-0.3, -0.25) is 19.8 Å². The zero-order valence-corrected chi connectivity index (χ0v) is 16.9. The summed E-state index contributed by atoms with van der Waals surface area (Å²) in [6.07, 6.45) is -1.10. The van der Waals surface area contributed by atoms with Gasteiger partial charge < -0.3 is 40.9 Å². The summed E-state index contributed by atoms with van der Waals surface area (Å²) in [6.45, 7) is -1.22. The molecule has 0 fully saturated rings. The zero-order chi connectivity index (χ0) is 22.5. The van der Waals surface area contributed by atoms with Gasteiger partial charge in [0.2, 0.25) is 0 Å². The summed E-state index contributed by atoms with van der Waals surface area (Å²) < 4.78 is 0. The van der Waals surface area contributed by atoms with Crippen molar-refractivity contribution in [2.75, 3.05) is 52.6 Å². The lowest BCUT2D eigenvalue weighted by molar-refractivity contribution is 0.0189. The molecule has 1 aromatic heterocycles. The van der Waals surface area contributed by atoms with Crippen LogP contribution in [-0.2, 0) is 13.1 Å². The molecule has 0 aromatic carbocycles. The predicted octanol–water partition coefficient (Wildman–Crippen LogP) is -4.51. The van der Waals surface area contributed by atoms with Crippen LogP contribution >= 0.6 is 0 Å². The van der Waals surface area contributed by atoms with Gasteiger partial charge in [0, 0.05) is 51.7 Å². The molecule has 1 rings (SSSR count). The topological polar surface area (TPSA) is 194 Å². The van der Waals surface area contributed by atoms with Crippen LogP contribution in [0.2, 0.25) is 0 Å². The quantitative estimate of drug-likeness (QED) is 0.124. The molecule has 0 spiro atoms. The van der Waals surface area contributed by atoms with E-state index in [0.717, 1.165) is 0 Å². The average molecular weight is 434 g/mol. The SMILES string of the molecule is OCC(O)CN(Cc1cncc(CN(CC(O)CO)CC(O)CO)n1)CC(O)CO. The summed E-state index contributed by atoms with van der Waals surface area (Å²) >= 11 is 0. The summed E-state index contributed by atoms with van der Waals surface area (Å²) in [5.41, 5.74) is 1.02. The summed E-state index contributed by atoms with van der Waals surface area (Å²) in [7, 11) is 0. The second kappa shape index (κ2) is 14.6. The lowest BCUT2D eigenvalue weighted by atomic mass is 10.2. The van der Waals surface area contributed by atoms with Gasteiger partial charge in [0.05, 0.1) is 62.2 Å². The van der Waals surface area contributed by atoms with Crippen LogP contribution in [0.5, 0.6) is 0 Å². The zero-order valence-electron chi connectivity index (χ0n) is 16.9. The molecule has 4 unspecified atom stereocenters. The molecule has 0 aliphatic heterocycles. The first-order valence-electron chi connectivity index (χ1n) is 9.71. The molecule has 0 radical (unpaired) electrons. The minimum absolute atomic E-state index is 0.0526. The van der Waals surface area contributed by atoms with Crippen molar-refractivity contribution in [3.05, 3.63) is 23.8 Å². The van der Waals surface area contributed by atoms with Crippen molar-refractivity contribution >= 4 is 0 Å². The highest BCUT2D eigenvalue weighted by molar-refractivity contribution is 5.04. The monoisotopic (exact) mass is 434 g/mol. The smallest absolute Gasteiger partial charge is 0.0897 e. The molecule has 0 saturated carbocycles. The Kier molecular flexibility index (Phi) is 13.0. The number of nitrogens with zero attached hydrogens (tertiary/aromatic N) is 4. The molecule has 4 atom stereocenters. The van der Waals surface area contributed by atoms with Crippen LogP contribution in [0.1, 0.15) is 11.4 Å². The van der Waals surface area contributed by atoms with Crippen molar-refractivity contribution in [1.82, 2.24) is 19.8 Å². The van der Waals surface area contributed by atoms with Crippen LogP contribution in [0, 0.1) is 0 Å². The molecule has 12 heteroatoms. The fourth-order valence-corrected chi connectivity index (χ4v) is 2.89. The third kappa shape index (κ3) is 10.6. The summed E-state index contributed by atoms with van der Waals surface area (Å²) in [5.74, 6) is 0. The van der Waals surface area contributed by atoms with E-state index in [0.29, 0.717) is 11.4 Å². The molecule has 1 heterocycles. The molecule has 0 aliphatic rings. The Morgan fingerprint density at radius 3 is 1.17 bits per heavy atom. The Morgan fingerprint density at radius 2 is 0.900 bits per heavy atom. The van der Waals surface area contributed by atoms with Crippen molar-refractivity contribution in [1.29, 1.82) is 0 Å². The Balaban J connectivity index is 2.88. The summed E-state index contributed by atoms with van der Waals surface area (Å²) in [6, 6.07) is 0. The lowest BCUT2D eigenvalue weighted by Crippen LogP contribution is -2.40. The van der Waals surface area contributed by atoms with Crippen molar-refractivity contribution in [3.8, 4) is 0 Å². The Bertz CT molecular complexity index is 516.